The Morgan fingerprint density at radius 1 is 1.30 bits per heavy atom. The van der Waals surface area contributed by atoms with Crippen LogP contribution in [-0.4, -0.2) is 43.5 Å². The number of fused-ring (bicyclic) bond motifs is 1. The van der Waals surface area contributed by atoms with Crippen LogP contribution in [0.25, 0.3) is 5.78 Å². The van der Waals surface area contributed by atoms with E-state index in [9.17, 15) is 4.79 Å². The first kappa shape index (κ1) is 14.4. The molecule has 1 amide bonds. The molecule has 0 atom stereocenters. The summed E-state index contributed by atoms with van der Waals surface area (Å²) in [5, 5.41) is 4.28. The zero-order chi connectivity index (χ0) is 14.7. The number of hydrogen-bond acceptors (Lipinski definition) is 4. The summed E-state index contributed by atoms with van der Waals surface area (Å²) in [6.45, 7) is 9.32. The molecule has 6 heteroatoms. The Morgan fingerprint density at radius 2 is 2.05 bits per heavy atom. The van der Waals surface area contributed by atoms with E-state index in [0.29, 0.717) is 12.3 Å². The number of carbonyl (C=O) groups is 1. The zero-order valence-corrected chi connectivity index (χ0v) is 12.6. The normalized spacial score (nSPS) is 11.0. The van der Waals surface area contributed by atoms with Gasteiger partial charge in [0.15, 0.2) is 0 Å². The Balaban J connectivity index is 2.32. The average molecular weight is 275 g/mol. The quantitative estimate of drug-likeness (QED) is 0.837. The van der Waals surface area contributed by atoms with Crippen LogP contribution < -0.4 is 0 Å². The van der Waals surface area contributed by atoms with Crippen molar-refractivity contribution < 1.29 is 4.79 Å². The van der Waals surface area contributed by atoms with Crippen molar-refractivity contribution in [2.45, 2.75) is 40.5 Å². The van der Waals surface area contributed by atoms with Gasteiger partial charge < -0.3 is 4.90 Å². The lowest BCUT2D eigenvalue weighted by molar-refractivity contribution is 0.0750. The van der Waals surface area contributed by atoms with E-state index < -0.39 is 0 Å². The molecule has 2 aromatic rings. The summed E-state index contributed by atoms with van der Waals surface area (Å²) in [4.78, 5) is 22.8. The Morgan fingerprint density at radius 3 is 2.70 bits per heavy atom. The zero-order valence-electron chi connectivity index (χ0n) is 12.6. The van der Waals surface area contributed by atoms with Crippen molar-refractivity contribution in [1.82, 2.24) is 24.5 Å². The van der Waals surface area contributed by atoms with Gasteiger partial charge in [-0.2, -0.15) is 4.98 Å². The molecule has 20 heavy (non-hydrogen) atoms. The molecule has 0 bridgehead atoms. The SMILES string of the molecule is CCCCN(CC)C(=O)c1nc2nc(C)cc(C)n2n1. The third-order valence-corrected chi connectivity index (χ3v) is 3.26. The lowest BCUT2D eigenvalue weighted by Crippen LogP contribution is -2.32. The van der Waals surface area contributed by atoms with Crippen molar-refractivity contribution in [3.05, 3.63) is 23.3 Å². The minimum Gasteiger partial charge on any atom is -0.336 e. The summed E-state index contributed by atoms with van der Waals surface area (Å²) in [5.41, 5.74) is 1.80. The molecule has 0 aromatic carbocycles. The summed E-state index contributed by atoms with van der Waals surface area (Å²) >= 11 is 0. The molecule has 0 saturated heterocycles. The van der Waals surface area contributed by atoms with Crippen LogP contribution in [0.3, 0.4) is 0 Å². The highest BCUT2D eigenvalue weighted by Crippen LogP contribution is 2.08. The summed E-state index contributed by atoms with van der Waals surface area (Å²) < 4.78 is 1.62. The lowest BCUT2D eigenvalue weighted by Gasteiger charge is -2.18. The van der Waals surface area contributed by atoms with Gasteiger partial charge >= 0.3 is 0 Å². The highest BCUT2D eigenvalue weighted by Gasteiger charge is 2.19. The van der Waals surface area contributed by atoms with Gasteiger partial charge in [-0.3, -0.25) is 4.79 Å². The van der Waals surface area contributed by atoms with E-state index in [2.05, 4.69) is 22.0 Å². The molecular formula is C14H21N5O. The molecule has 0 fully saturated rings. The number of carbonyl (C=O) groups excluding carboxylic acids is 1. The molecule has 0 saturated carbocycles. The Hall–Kier alpha value is -1.98. The van der Waals surface area contributed by atoms with E-state index in [0.717, 1.165) is 30.8 Å². The molecule has 0 N–H and O–H groups in total. The van der Waals surface area contributed by atoms with Crippen molar-refractivity contribution in [3.63, 3.8) is 0 Å². The highest BCUT2D eigenvalue weighted by molar-refractivity contribution is 5.90. The second kappa shape index (κ2) is 5.98. The van der Waals surface area contributed by atoms with Crippen molar-refractivity contribution in [3.8, 4) is 0 Å². The van der Waals surface area contributed by atoms with Crippen molar-refractivity contribution in [2.75, 3.05) is 13.1 Å². The molecule has 2 rings (SSSR count). The molecule has 2 aromatic heterocycles. The minimum atomic E-state index is -0.122. The summed E-state index contributed by atoms with van der Waals surface area (Å²) in [5.74, 6) is 0.588. The maximum absolute atomic E-state index is 12.4. The van der Waals surface area contributed by atoms with E-state index in [1.54, 1.807) is 9.42 Å². The fraction of sp³-hybridized carbons (Fsp3) is 0.571. The maximum atomic E-state index is 12.4. The van der Waals surface area contributed by atoms with E-state index in [1.807, 2.05) is 26.8 Å². The first-order chi connectivity index (χ1) is 9.56. The van der Waals surface area contributed by atoms with Crippen molar-refractivity contribution in [1.29, 1.82) is 0 Å². The summed E-state index contributed by atoms with van der Waals surface area (Å²) in [6.07, 6.45) is 2.05. The van der Waals surface area contributed by atoms with Crippen LogP contribution in [-0.2, 0) is 0 Å². The first-order valence-electron chi connectivity index (χ1n) is 7.07. The first-order valence-corrected chi connectivity index (χ1v) is 7.07. The third-order valence-electron chi connectivity index (χ3n) is 3.26. The third kappa shape index (κ3) is 2.79. The molecule has 0 spiro atoms. The predicted molar refractivity (Wildman–Crippen MR) is 76.7 cm³/mol. The molecule has 0 aliphatic carbocycles. The van der Waals surface area contributed by atoms with Crippen LogP contribution in [0.4, 0.5) is 0 Å². The Labute approximate surface area is 118 Å². The van der Waals surface area contributed by atoms with Crippen LogP contribution in [0, 0.1) is 13.8 Å². The number of unbranched alkanes of at least 4 members (excludes halogenated alkanes) is 1. The van der Waals surface area contributed by atoms with Crippen molar-refractivity contribution >= 4 is 11.7 Å². The molecule has 0 unspecified atom stereocenters. The van der Waals surface area contributed by atoms with Gasteiger partial charge in [-0.1, -0.05) is 13.3 Å². The number of hydrogen-bond donors (Lipinski definition) is 0. The fourth-order valence-electron chi connectivity index (χ4n) is 2.15. The number of amides is 1. The van der Waals surface area contributed by atoms with Crippen LogP contribution in [0.1, 0.15) is 48.7 Å². The summed E-state index contributed by atoms with van der Waals surface area (Å²) in [6, 6.07) is 1.92. The second-order valence-electron chi connectivity index (χ2n) is 4.92. The van der Waals surface area contributed by atoms with Crippen LogP contribution >= 0.6 is 0 Å². The summed E-state index contributed by atoms with van der Waals surface area (Å²) in [7, 11) is 0. The number of nitrogens with zero attached hydrogens (tertiary/aromatic N) is 5. The van der Waals surface area contributed by atoms with Gasteiger partial charge in [0.2, 0.25) is 5.82 Å². The van der Waals surface area contributed by atoms with Gasteiger partial charge in [0.05, 0.1) is 0 Å². The number of aryl methyl sites for hydroxylation is 2. The monoisotopic (exact) mass is 275 g/mol. The Kier molecular flexibility index (Phi) is 4.32. The van der Waals surface area contributed by atoms with E-state index in [1.165, 1.54) is 0 Å². The van der Waals surface area contributed by atoms with E-state index in [4.69, 9.17) is 0 Å². The van der Waals surface area contributed by atoms with Gasteiger partial charge in [-0.25, -0.2) is 9.50 Å². The van der Waals surface area contributed by atoms with Gasteiger partial charge in [0.25, 0.3) is 11.7 Å². The standard InChI is InChI=1S/C14H21N5O/c1-5-7-8-18(6-2)13(20)12-16-14-15-10(3)9-11(4)19(14)17-12/h9H,5-8H2,1-4H3. The molecule has 6 nitrogen and oxygen atoms in total. The lowest BCUT2D eigenvalue weighted by atomic mass is 10.3. The van der Waals surface area contributed by atoms with Crippen molar-refractivity contribution in [2.24, 2.45) is 0 Å². The van der Waals surface area contributed by atoms with E-state index >= 15 is 0 Å². The highest BCUT2D eigenvalue weighted by atomic mass is 16.2. The largest absolute Gasteiger partial charge is 0.336 e. The van der Waals surface area contributed by atoms with Crippen LogP contribution in [0.2, 0.25) is 0 Å². The van der Waals surface area contributed by atoms with Crippen LogP contribution in [0.15, 0.2) is 6.07 Å². The molecule has 108 valence electrons. The maximum Gasteiger partial charge on any atom is 0.293 e. The fourth-order valence-corrected chi connectivity index (χ4v) is 2.15. The Bertz CT molecular complexity index is 619. The topological polar surface area (TPSA) is 63.4 Å². The van der Waals surface area contributed by atoms with Crippen LogP contribution in [0.5, 0.6) is 0 Å². The minimum absolute atomic E-state index is 0.122. The van der Waals surface area contributed by atoms with Gasteiger partial charge in [-0.15, -0.1) is 5.10 Å². The van der Waals surface area contributed by atoms with Gasteiger partial charge in [-0.05, 0) is 33.3 Å². The second-order valence-corrected chi connectivity index (χ2v) is 4.92. The molecule has 0 aliphatic rings. The average Bonchev–Trinajstić information content (AvgIpc) is 2.83. The predicted octanol–water partition coefficient (Wildman–Crippen LogP) is 2.00. The molecule has 2 heterocycles. The van der Waals surface area contributed by atoms with E-state index in [-0.39, 0.29) is 11.7 Å². The van der Waals surface area contributed by atoms with Gasteiger partial charge in [0.1, 0.15) is 0 Å². The molecule has 0 radical (unpaired) electrons. The van der Waals surface area contributed by atoms with Gasteiger partial charge in [0, 0.05) is 24.5 Å². The number of aromatic nitrogens is 4. The molecule has 0 aliphatic heterocycles. The number of rotatable bonds is 5. The molecular weight excluding hydrogens is 254 g/mol. The smallest absolute Gasteiger partial charge is 0.293 e.